The highest BCUT2D eigenvalue weighted by molar-refractivity contribution is 5.79. The van der Waals surface area contributed by atoms with Crippen molar-refractivity contribution in [3.63, 3.8) is 0 Å². The number of carbonyl (C=O) groups excluding carboxylic acids is 1. The van der Waals surface area contributed by atoms with Gasteiger partial charge >= 0.3 is 0 Å². The minimum Gasteiger partial charge on any atom is -0.497 e. The Morgan fingerprint density at radius 3 is 2.33 bits per heavy atom. The van der Waals surface area contributed by atoms with E-state index in [9.17, 15) is 4.79 Å². The second kappa shape index (κ2) is 8.39. The summed E-state index contributed by atoms with van der Waals surface area (Å²) >= 11 is 0. The van der Waals surface area contributed by atoms with Crippen LogP contribution in [-0.4, -0.2) is 20.1 Å². The zero-order valence-electron chi connectivity index (χ0n) is 14.8. The molecule has 0 heterocycles. The molecule has 0 radical (unpaired) electrons. The van der Waals surface area contributed by atoms with Gasteiger partial charge in [0, 0.05) is 0 Å². The van der Waals surface area contributed by atoms with Crippen molar-refractivity contribution in [2.45, 2.75) is 32.7 Å². The van der Waals surface area contributed by atoms with Gasteiger partial charge in [-0.05, 0) is 48.2 Å². The molecule has 2 aromatic carbocycles. The lowest BCUT2D eigenvalue weighted by Gasteiger charge is -2.19. The van der Waals surface area contributed by atoms with Gasteiger partial charge in [0.15, 0.2) is 0 Å². The third-order valence-corrected chi connectivity index (χ3v) is 4.09. The molecule has 128 valence electrons. The van der Waals surface area contributed by atoms with Crippen molar-refractivity contribution < 1.29 is 14.3 Å². The molecular formula is C20H25NO3. The van der Waals surface area contributed by atoms with Gasteiger partial charge < -0.3 is 14.8 Å². The van der Waals surface area contributed by atoms with Crippen LogP contribution in [0.15, 0.2) is 42.5 Å². The molecule has 1 atom stereocenters. The van der Waals surface area contributed by atoms with Crippen LogP contribution in [0.5, 0.6) is 11.5 Å². The van der Waals surface area contributed by atoms with E-state index in [1.807, 2.05) is 43.3 Å². The van der Waals surface area contributed by atoms with Crippen LogP contribution in [-0.2, 0) is 11.2 Å². The van der Waals surface area contributed by atoms with Crippen LogP contribution in [0, 0.1) is 6.92 Å². The van der Waals surface area contributed by atoms with Gasteiger partial charge in [-0.15, -0.1) is 0 Å². The summed E-state index contributed by atoms with van der Waals surface area (Å²) in [6, 6.07) is 13.6. The minimum absolute atomic E-state index is 0.000328. The Hall–Kier alpha value is -2.49. The maximum atomic E-state index is 12.4. The summed E-state index contributed by atoms with van der Waals surface area (Å²) in [5, 5.41) is 3.11. The zero-order valence-corrected chi connectivity index (χ0v) is 14.8. The zero-order chi connectivity index (χ0) is 17.5. The molecule has 0 aliphatic rings. The van der Waals surface area contributed by atoms with Crippen LogP contribution >= 0.6 is 0 Å². The summed E-state index contributed by atoms with van der Waals surface area (Å²) in [7, 11) is 3.29. The van der Waals surface area contributed by atoms with E-state index in [0.29, 0.717) is 6.42 Å². The van der Waals surface area contributed by atoms with Crippen molar-refractivity contribution in [1.29, 1.82) is 0 Å². The number of ether oxygens (including phenoxy) is 2. The molecule has 0 bridgehead atoms. The molecule has 4 nitrogen and oxygen atoms in total. The molecule has 24 heavy (non-hydrogen) atoms. The number of methoxy groups -OCH3 is 2. The fourth-order valence-corrected chi connectivity index (χ4v) is 2.71. The number of hydrogen-bond acceptors (Lipinski definition) is 3. The van der Waals surface area contributed by atoms with E-state index in [0.717, 1.165) is 34.6 Å². The predicted octanol–water partition coefficient (Wildman–Crippen LogP) is 3.82. The molecule has 0 saturated carbocycles. The Kier molecular flexibility index (Phi) is 6.24. The largest absolute Gasteiger partial charge is 0.497 e. The van der Waals surface area contributed by atoms with E-state index in [1.54, 1.807) is 14.2 Å². The van der Waals surface area contributed by atoms with E-state index >= 15 is 0 Å². The molecular weight excluding hydrogens is 302 g/mol. The lowest BCUT2D eigenvalue weighted by Crippen LogP contribution is -2.29. The molecule has 0 aliphatic carbocycles. The van der Waals surface area contributed by atoms with Gasteiger partial charge in [-0.25, -0.2) is 0 Å². The van der Waals surface area contributed by atoms with Gasteiger partial charge in [-0.1, -0.05) is 31.2 Å². The van der Waals surface area contributed by atoms with Gasteiger partial charge in [0.2, 0.25) is 5.91 Å². The van der Waals surface area contributed by atoms with Gasteiger partial charge in [-0.3, -0.25) is 4.79 Å². The number of rotatable bonds is 7. The molecule has 2 aromatic rings. The van der Waals surface area contributed by atoms with Gasteiger partial charge in [-0.2, -0.15) is 0 Å². The van der Waals surface area contributed by atoms with Crippen LogP contribution < -0.4 is 14.8 Å². The molecule has 1 N–H and O–H groups in total. The fourth-order valence-electron chi connectivity index (χ4n) is 2.71. The van der Waals surface area contributed by atoms with Gasteiger partial charge in [0.1, 0.15) is 11.5 Å². The second-order valence-electron chi connectivity index (χ2n) is 5.78. The molecule has 0 aliphatic heterocycles. The Bertz CT molecular complexity index is 680. The first kappa shape index (κ1) is 17.9. The van der Waals surface area contributed by atoms with Crippen molar-refractivity contribution in [3.8, 4) is 11.5 Å². The first-order valence-electron chi connectivity index (χ1n) is 8.14. The lowest BCUT2D eigenvalue weighted by atomic mass is 10.0. The van der Waals surface area contributed by atoms with Crippen molar-refractivity contribution in [2.75, 3.05) is 14.2 Å². The van der Waals surface area contributed by atoms with Crippen LogP contribution in [0.2, 0.25) is 0 Å². The minimum atomic E-state index is 0.000328. The topological polar surface area (TPSA) is 47.6 Å². The van der Waals surface area contributed by atoms with E-state index in [1.165, 1.54) is 0 Å². The fraction of sp³-hybridized carbons (Fsp3) is 0.350. The normalized spacial score (nSPS) is 11.7. The van der Waals surface area contributed by atoms with Crippen LogP contribution in [0.4, 0.5) is 0 Å². The Morgan fingerprint density at radius 2 is 1.79 bits per heavy atom. The van der Waals surface area contributed by atoms with Crippen molar-refractivity contribution in [1.82, 2.24) is 5.32 Å². The number of nitrogens with one attached hydrogen (secondary N) is 1. The monoisotopic (exact) mass is 327 g/mol. The standard InChI is InChI=1S/C20H25NO3/c1-5-18(16-8-11-19(24-4)14(2)12-16)21-20(22)13-15-6-9-17(23-3)10-7-15/h6-12,18H,5,13H2,1-4H3,(H,21,22)/t18-/m1/s1. The number of benzene rings is 2. The summed E-state index contributed by atoms with van der Waals surface area (Å²) in [6.07, 6.45) is 1.19. The Labute approximate surface area is 143 Å². The van der Waals surface area contributed by atoms with E-state index < -0.39 is 0 Å². The molecule has 0 saturated heterocycles. The molecule has 0 unspecified atom stereocenters. The summed E-state index contributed by atoms with van der Waals surface area (Å²) in [4.78, 5) is 12.4. The third kappa shape index (κ3) is 4.51. The molecule has 4 heteroatoms. The highest BCUT2D eigenvalue weighted by Crippen LogP contribution is 2.24. The second-order valence-corrected chi connectivity index (χ2v) is 5.78. The maximum Gasteiger partial charge on any atom is 0.224 e. The van der Waals surface area contributed by atoms with Crippen molar-refractivity contribution in [3.05, 3.63) is 59.2 Å². The maximum absolute atomic E-state index is 12.4. The number of carbonyl (C=O) groups is 1. The number of amides is 1. The molecule has 1 amide bonds. The molecule has 0 fully saturated rings. The first-order chi connectivity index (χ1) is 11.6. The average Bonchev–Trinajstić information content (AvgIpc) is 2.60. The molecule has 0 spiro atoms. The summed E-state index contributed by atoms with van der Waals surface area (Å²) in [5.41, 5.74) is 3.13. The Morgan fingerprint density at radius 1 is 1.08 bits per heavy atom. The van der Waals surface area contributed by atoms with Crippen molar-refractivity contribution >= 4 is 5.91 Å². The predicted molar refractivity (Wildman–Crippen MR) is 95.6 cm³/mol. The van der Waals surface area contributed by atoms with Crippen molar-refractivity contribution in [2.24, 2.45) is 0 Å². The number of hydrogen-bond donors (Lipinski definition) is 1. The summed E-state index contributed by atoms with van der Waals surface area (Å²) in [5.74, 6) is 1.66. The Balaban J connectivity index is 2.03. The van der Waals surface area contributed by atoms with E-state index in [-0.39, 0.29) is 11.9 Å². The third-order valence-electron chi connectivity index (χ3n) is 4.09. The summed E-state index contributed by atoms with van der Waals surface area (Å²) in [6.45, 7) is 4.08. The first-order valence-corrected chi connectivity index (χ1v) is 8.14. The van der Waals surface area contributed by atoms with E-state index in [2.05, 4.69) is 18.3 Å². The highest BCUT2D eigenvalue weighted by atomic mass is 16.5. The molecule has 2 rings (SSSR count). The van der Waals surface area contributed by atoms with Gasteiger partial charge in [0.05, 0.1) is 26.7 Å². The number of aryl methyl sites for hydroxylation is 1. The smallest absolute Gasteiger partial charge is 0.224 e. The summed E-state index contributed by atoms with van der Waals surface area (Å²) < 4.78 is 10.4. The molecule has 0 aromatic heterocycles. The average molecular weight is 327 g/mol. The van der Waals surface area contributed by atoms with Crippen LogP contribution in [0.25, 0.3) is 0 Å². The SMILES string of the molecule is CC[C@@H](NC(=O)Cc1ccc(OC)cc1)c1ccc(OC)c(C)c1. The lowest BCUT2D eigenvalue weighted by molar-refractivity contribution is -0.121. The van der Waals surface area contributed by atoms with E-state index in [4.69, 9.17) is 9.47 Å². The van der Waals surface area contributed by atoms with Gasteiger partial charge in [0.25, 0.3) is 0 Å². The van der Waals surface area contributed by atoms with Crippen LogP contribution in [0.3, 0.4) is 0 Å². The van der Waals surface area contributed by atoms with Crippen LogP contribution in [0.1, 0.15) is 36.1 Å². The highest BCUT2D eigenvalue weighted by Gasteiger charge is 2.14. The quantitative estimate of drug-likeness (QED) is 0.841.